The maximum absolute atomic E-state index is 6.38. The molecule has 1 nitrogen and oxygen atoms in total. The highest BCUT2D eigenvalue weighted by Crippen LogP contribution is 2.42. The smallest absolute Gasteiger partial charge is 0.0701 e. The lowest BCUT2D eigenvalue weighted by Crippen LogP contribution is -2.33. The molecule has 0 radical (unpaired) electrons. The molecule has 1 aromatic heterocycles. The molecule has 3 rings (SSSR count). The van der Waals surface area contributed by atoms with Gasteiger partial charge in [0, 0.05) is 28.3 Å². The first kappa shape index (κ1) is 13.6. The lowest BCUT2D eigenvalue weighted by molar-refractivity contribution is 0.408. The second-order valence-corrected chi connectivity index (χ2v) is 7.77. The Bertz CT molecular complexity index is 569. The zero-order chi connectivity index (χ0) is 13.2. The summed E-state index contributed by atoms with van der Waals surface area (Å²) < 4.78 is 1.21. The van der Waals surface area contributed by atoms with Gasteiger partial charge in [0.1, 0.15) is 0 Å². The fourth-order valence-corrected chi connectivity index (χ4v) is 4.73. The minimum atomic E-state index is 0.466. The van der Waals surface area contributed by atoms with Crippen molar-refractivity contribution in [3.63, 3.8) is 0 Å². The molecule has 19 heavy (non-hydrogen) atoms. The van der Waals surface area contributed by atoms with Gasteiger partial charge in [0.25, 0.3) is 0 Å². The largest absolute Gasteiger partial charge is 0.316 e. The Hall–Kier alpha value is -0.350. The van der Waals surface area contributed by atoms with Crippen molar-refractivity contribution < 1.29 is 0 Å². The lowest BCUT2D eigenvalue weighted by Gasteiger charge is -2.32. The molecule has 1 aliphatic rings. The lowest BCUT2D eigenvalue weighted by atomic mass is 9.80. The zero-order valence-electron chi connectivity index (χ0n) is 10.4. The van der Waals surface area contributed by atoms with Gasteiger partial charge in [0.2, 0.25) is 0 Å². The third kappa shape index (κ3) is 2.89. The first-order valence-electron chi connectivity index (χ1n) is 6.46. The molecule has 100 valence electrons. The number of rotatable bonds is 2. The SMILES string of the molecule is Clc1ccccc1C1CNCCC1c1ccc(Br)s1. The van der Waals surface area contributed by atoms with Gasteiger partial charge in [-0.3, -0.25) is 0 Å². The standard InChI is InChI=1S/C15H15BrClNS/c16-15-6-5-14(19-15)11-7-8-18-9-12(11)10-3-1-2-4-13(10)17/h1-6,11-12,18H,7-9H2. The zero-order valence-corrected chi connectivity index (χ0v) is 13.6. The van der Waals surface area contributed by atoms with Gasteiger partial charge < -0.3 is 5.32 Å². The second-order valence-electron chi connectivity index (χ2n) is 4.87. The van der Waals surface area contributed by atoms with E-state index >= 15 is 0 Å². The van der Waals surface area contributed by atoms with Crippen molar-refractivity contribution in [3.05, 3.63) is 55.6 Å². The van der Waals surface area contributed by atoms with E-state index in [4.69, 9.17) is 11.6 Å². The predicted octanol–water partition coefficient (Wildman–Crippen LogP) is 5.02. The quantitative estimate of drug-likeness (QED) is 0.796. The average molecular weight is 357 g/mol. The Kier molecular flexibility index (Phi) is 4.27. The van der Waals surface area contributed by atoms with Crippen LogP contribution in [0.4, 0.5) is 0 Å². The molecular weight excluding hydrogens is 342 g/mol. The van der Waals surface area contributed by atoms with E-state index in [1.54, 1.807) is 0 Å². The molecule has 0 spiro atoms. The highest BCUT2D eigenvalue weighted by Gasteiger charge is 2.29. The highest BCUT2D eigenvalue weighted by molar-refractivity contribution is 9.11. The Labute approximate surface area is 131 Å². The second kappa shape index (κ2) is 5.96. The summed E-state index contributed by atoms with van der Waals surface area (Å²) in [6, 6.07) is 12.6. The normalized spacial score (nSPS) is 23.5. The molecule has 2 unspecified atom stereocenters. The molecular formula is C15H15BrClNS. The van der Waals surface area contributed by atoms with Crippen LogP contribution in [0.25, 0.3) is 0 Å². The van der Waals surface area contributed by atoms with E-state index in [0.717, 1.165) is 18.1 Å². The van der Waals surface area contributed by atoms with Gasteiger partial charge in [-0.05, 0) is 52.7 Å². The van der Waals surface area contributed by atoms with Crippen molar-refractivity contribution in [2.75, 3.05) is 13.1 Å². The van der Waals surface area contributed by atoms with Gasteiger partial charge in [-0.15, -0.1) is 11.3 Å². The average Bonchev–Trinajstić information content (AvgIpc) is 2.86. The van der Waals surface area contributed by atoms with E-state index in [0.29, 0.717) is 11.8 Å². The fraction of sp³-hybridized carbons (Fsp3) is 0.333. The Morgan fingerprint density at radius 3 is 2.74 bits per heavy atom. The van der Waals surface area contributed by atoms with Crippen molar-refractivity contribution >= 4 is 38.9 Å². The van der Waals surface area contributed by atoms with Crippen molar-refractivity contribution in [1.82, 2.24) is 5.32 Å². The van der Waals surface area contributed by atoms with E-state index in [1.165, 1.54) is 20.6 Å². The number of nitrogens with one attached hydrogen (secondary N) is 1. The van der Waals surface area contributed by atoms with Crippen LogP contribution in [0.2, 0.25) is 5.02 Å². The molecule has 1 N–H and O–H groups in total. The molecule has 0 saturated carbocycles. The van der Waals surface area contributed by atoms with Crippen molar-refractivity contribution in [3.8, 4) is 0 Å². The maximum Gasteiger partial charge on any atom is 0.0701 e. The van der Waals surface area contributed by atoms with Gasteiger partial charge in [0.15, 0.2) is 0 Å². The predicted molar refractivity (Wildman–Crippen MR) is 86.4 cm³/mol. The molecule has 1 aliphatic heterocycles. The first-order chi connectivity index (χ1) is 9.25. The molecule has 0 bridgehead atoms. The van der Waals surface area contributed by atoms with Crippen molar-refractivity contribution in [1.29, 1.82) is 0 Å². The van der Waals surface area contributed by atoms with E-state index in [-0.39, 0.29) is 0 Å². The topological polar surface area (TPSA) is 12.0 Å². The van der Waals surface area contributed by atoms with Crippen LogP contribution < -0.4 is 5.32 Å². The van der Waals surface area contributed by atoms with Gasteiger partial charge in [-0.1, -0.05) is 29.8 Å². The number of hydrogen-bond donors (Lipinski definition) is 1. The summed E-state index contributed by atoms with van der Waals surface area (Å²) in [7, 11) is 0. The molecule has 1 saturated heterocycles. The molecule has 1 aromatic carbocycles. The van der Waals surface area contributed by atoms with Gasteiger partial charge >= 0.3 is 0 Å². The molecule has 0 amide bonds. The van der Waals surface area contributed by atoms with E-state index in [2.05, 4.69) is 45.5 Å². The molecule has 2 atom stereocenters. The number of benzene rings is 1. The van der Waals surface area contributed by atoms with E-state index in [1.807, 2.05) is 23.5 Å². The summed E-state index contributed by atoms with van der Waals surface area (Å²) in [6.07, 6.45) is 1.17. The minimum absolute atomic E-state index is 0.466. The maximum atomic E-state index is 6.38. The number of hydrogen-bond acceptors (Lipinski definition) is 2. The third-order valence-electron chi connectivity index (χ3n) is 3.75. The summed E-state index contributed by atoms with van der Waals surface area (Å²) in [6.45, 7) is 2.09. The Morgan fingerprint density at radius 2 is 2.00 bits per heavy atom. The van der Waals surface area contributed by atoms with Crippen molar-refractivity contribution in [2.45, 2.75) is 18.3 Å². The monoisotopic (exact) mass is 355 g/mol. The van der Waals surface area contributed by atoms with E-state index in [9.17, 15) is 0 Å². The van der Waals surface area contributed by atoms with Crippen LogP contribution in [-0.2, 0) is 0 Å². The van der Waals surface area contributed by atoms with Crippen molar-refractivity contribution in [2.24, 2.45) is 0 Å². The highest BCUT2D eigenvalue weighted by atomic mass is 79.9. The fourth-order valence-electron chi connectivity index (χ4n) is 2.83. The Balaban J connectivity index is 1.96. The van der Waals surface area contributed by atoms with Crippen LogP contribution in [-0.4, -0.2) is 13.1 Å². The molecule has 2 aromatic rings. The van der Waals surface area contributed by atoms with Crippen LogP contribution in [0.5, 0.6) is 0 Å². The summed E-state index contributed by atoms with van der Waals surface area (Å²) >= 11 is 11.8. The summed E-state index contributed by atoms with van der Waals surface area (Å²) in [5.41, 5.74) is 1.27. The number of thiophene rings is 1. The van der Waals surface area contributed by atoms with Gasteiger partial charge in [-0.25, -0.2) is 0 Å². The third-order valence-corrected chi connectivity index (χ3v) is 5.85. The van der Waals surface area contributed by atoms with Crippen LogP contribution in [0.15, 0.2) is 40.2 Å². The summed E-state index contributed by atoms with van der Waals surface area (Å²) in [5, 5.41) is 4.39. The summed E-state index contributed by atoms with van der Waals surface area (Å²) in [5.74, 6) is 1.03. The van der Waals surface area contributed by atoms with Crippen LogP contribution >= 0.6 is 38.9 Å². The van der Waals surface area contributed by atoms with Crippen LogP contribution in [0, 0.1) is 0 Å². The Morgan fingerprint density at radius 1 is 1.16 bits per heavy atom. The van der Waals surface area contributed by atoms with Gasteiger partial charge in [-0.2, -0.15) is 0 Å². The number of piperidine rings is 1. The summed E-state index contributed by atoms with van der Waals surface area (Å²) in [4.78, 5) is 1.46. The first-order valence-corrected chi connectivity index (χ1v) is 8.45. The number of halogens is 2. The molecule has 2 heterocycles. The van der Waals surface area contributed by atoms with Crippen LogP contribution in [0.3, 0.4) is 0 Å². The van der Waals surface area contributed by atoms with Gasteiger partial charge in [0.05, 0.1) is 3.79 Å². The molecule has 4 heteroatoms. The van der Waals surface area contributed by atoms with E-state index < -0.39 is 0 Å². The molecule has 1 fully saturated rings. The minimum Gasteiger partial charge on any atom is -0.316 e. The van der Waals surface area contributed by atoms with Crippen LogP contribution in [0.1, 0.15) is 28.7 Å². The molecule has 0 aliphatic carbocycles.